The highest BCUT2D eigenvalue weighted by atomic mass is 79.9. The van der Waals surface area contributed by atoms with E-state index in [9.17, 15) is 4.79 Å². The van der Waals surface area contributed by atoms with Gasteiger partial charge >= 0.3 is 0 Å². The second-order valence-electron chi connectivity index (χ2n) is 5.17. The van der Waals surface area contributed by atoms with Gasteiger partial charge in [0, 0.05) is 23.1 Å². The average Bonchev–Trinajstić information content (AvgIpc) is 2.38. The minimum absolute atomic E-state index is 0.0425. The van der Waals surface area contributed by atoms with Crippen LogP contribution < -0.4 is 10.6 Å². The lowest BCUT2D eigenvalue weighted by Crippen LogP contribution is -2.25. The van der Waals surface area contributed by atoms with E-state index >= 15 is 0 Å². The van der Waals surface area contributed by atoms with Gasteiger partial charge in [-0.05, 0) is 58.2 Å². The van der Waals surface area contributed by atoms with Crippen molar-refractivity contribution in [1.82, 2.24) is 10.2 Å². The number of anilines is 1. The molecule has 1 rings (SSSR count). The maximum atomic E-state index is 11.8. The molecule has 0 unspecified atom stereocenters. The molecule has 0 fully saturated rings. The topological polar surface area (TPSA) is 44.4 Å². The van der Waals surface area contributed by atoms with Crippen molar-refractivity contribution >= 4 is 27.5 Å². The van der Waals surface area contributed by atoms with Crippen LogP contribution in [0.2, 0.25) is 0 Å². The van der Waals surface area contributed by atoms with Crippen LogP contribution in [0.1, 0.15) is 18.4 Å². The van der Waals surface area contributed by atoms with Gasteiger partial charge in [-0.3, -0.25) is 4.79 Å². The SMILES string of the molecule is Cc1ccc(NC(=O)CCNCCCN(C)C)cc1Br. The standard InChI is InChI=1S/C15H24BrN3O/c1-12-5-6-13(11-14(12)16)18-15(20)7-9-17-8-4-10-19(2)3/h5-6,11,17H,4,7-10H2,1-3H3,(H,18,20). The van der Waals surface area contributed by atoms with E-state index in [0.29, 0.717) is 13.0 Å². The fourth-order valence-corrected chi connectivity index (χ4v) is 2.12. The lowest BCUT2D eigenvalue weighted by molar-refractivity contribution is -0.116. The van der Waals surface area contributed by atoms with Crippen LogP contribution in [0.5, 0.6) is 0 Å². The molecule has 0 radical (unpaired) electrons. The van der Waals surface area contributed by atoms with Gasteiger partial charge in [0.25, 0.3) is 0 Å². The zero-order valence-corrected chi connectivity index (χ0v) is 14.1. The Morgan fingerprint density at radius 2 is 2.05 bits per heavy atom. The van der Waals surface area contributed by atoms with Crippen LogP contribution in [0.3, 0.4) is 0 Å². The highest BCUT2D eigenvalue weighted by molar-refractivity contribution is 9.10. The molecule has 0 aliphatic rings. The summed E-state index contributed by atoms with van der Waals surface area (Å²) < 4.78 is 1.01. The van der Waals surface area contributed by atoms with Gasteiger partial charge in [-0.15, -0.1) is 0 Å². The molecule has 0 aliphatic heterocycles. The van der Waals surface area contributed by atoms with Crippen LogP contribution in [0.15, 0.2) is 22.7 Å². The van der Waals surface area contributed by atoms with E-state index in [4.69, 9.17) is 0 Å². The van der Waals surface area contributed by atoms with Crippen LogP contribution in [-0.2, 0) is 4.79 Å². The summed E-state index contributed by atoms with van der Waals surface area (Å²) in [5.74, 6) is 0.0425. The zero-order chi connectivity index (χ0) is 15.0. The number of benzene rings is 1. The molecular formula is C15H24BrN3O. The Hall–Kier alpha value is -0.910. The van der Waals surface area contributed by atoms with Gasteiger partial charge in [-0.1, -0.05) is 22.0 Å². The number of nitrogens with zero attached hydrogens (tertiary/aromatic N) is 1. The molecule has 0 heterocycles. The Morgan fingerprint density at radius 3 is 2.70 bits per heavy atom. The molecule has 112 valence electrons. The summed E-state index contributed by atoms with van der Waals surface area (Å²) in [6, 6.07) is 5.83. The Labute approximate surface area is 130 Å². The van der Waals surface area contributed by atoms with E-state index in [1.165, 1.54) is 0 Å². The van der Waals surface area contributed by atoms with E-state index < -0.39 is 0 Å². The fourth-order valence-electron chi connectivity index (χ4n) is 1.74. The van der Waals surface area contributed by atoms with Crippen molar-refractivity contribution in [3.63, 3.8) is 0 Å². The first-order valence-electron chi connectivity index (χ1n) is 6.90. The number of rotatable bonds is 8. The molecule has 0 spiro atoms. The summed E-state index contributed by atoms with van der Waals surface area (Å²) in [4.78, 5) is 13.9. The molecular weight excluding hydrogens is 318 g/mol. The summed E-state index contributed by atoms with van der Waals surface area (Å²) in [5.41, 5.74) is 1.99. The molecule has 0 atom stereocenters. The first kappa shape index (κ1) is 17.1. The number of hydrogen-bond acceptors (Lipinski definition) is 3. The first-order chi connectivity index (χ1) is 9.49. The van der Waals surface area contributed by atoms with Crippen molar-refractivity contribution in [3.8, 4) is 0 Å². The van der Waals surface area contributed by atoms with Gasteiger partial charge in [0.2, 0.25) is 5.91 Å². The van der Waals surface area contributed by atoms with Crippen molar-refractivity contribution in [2.24, 2.45) is 0 Å². The smallest absolute Gasteiger partial charge is 0.225 e. The van der Waals surface area contributed by atoms with Crippen LogP contribution in [0, 0.1) is 6.92 Å². The number of nitrogens with one attached hydrogen (secondary N) is 2. The number of hydrogen-bond donors (Lipinski definition) is 2. The molecule has 4 nitrogen and oxygen atoms in total. The zero-order valence-electron chi connectivity index (χ0n) is 12.5. The maximum absolute atomic E-state index is 11.8. The summed E-state index contributed by atoms with van der Waals surface area (Å²) in [5, 5.41) is 6.18. The Bertz CT molecular complexity index is 435. The van der Waals surface area contributed by atoms with Gasteiger partial charge < -0.3 is 15.5 Å². The number of amides is 1. The number of aryl methyl sites for hydroxylation is 1. The Morgan fingerprint density at radius 1 is 1.30 bits per heavy atom. The summed E-state index contributed by atoms with van der Waals surface area (Å²) >= 11 is 3.46. The summed E-state index contributed by atoms with van der Waals surface area (Å²) in [6.45, 7) is 4.75. The van der Waals surface area contributed by atoms with Crippen molar-refractivity contribution in [2.45, 2.75) is 19.8 Å². The lowest BCUT2D eigenvalue weighted by Gasteiger charge is -2.10. The largest absolute Gasteiger partial charge is 0.326 e. The molecule has 0 aliphatic carbocycles. The van der Waals surface area contributed by atoms with Crippen LogP contribution in [0.4, 0.5) is 5.69 Å². The molecule has 1 aromatic rings. The highest BCUT2D eigenvalue weighted by Gasteiger charge is 2.03. The van der Waals surface area contributed by atoms with Gasteiger partial charge in [-0.25, -0.2) is 0 Å². The molecule has 0 aromatic heterocycles. The monoisotopic (exact) mass is 341 g/mol. The third-order valence-electron chi connectivity index (χ3n) is 2.94. The highest BCUT2D eigenvalue weighted by Crippen LogP contribution is 2.20. The number of carbonyl (C=O) groups is 1. The van der Waals surface area contributed by atoms with E-state index in [0.717, 1.165) is 35.2 Å². The van der Waals surface area contributed by atoms with Gasteiger partial charge in [0.05, 0.1) is 0 Å². The third kappa shape index (κ3) is 7.03. The first-order valence-corrected chi connectivity index (χ1v) is 7.70. The predicted molar refractivity (Wildman–Crippen MR) is 88.2 cm³/mol. The Balaban J connectivity index is 2.18. The fraction of sp³-hybridized carbons (Fsp3) is 0.533. The number of halogens is 1. The minimum Gasteiger partial charge on any atom is -0.326 e. The van der Waals surface area contributed by atoms with Crippen molar-refractivity contribution < 1.29 is 4.79 Å². The van der Waals surface area contributed by atoms with E-state index in [1.54, 1.807) is 0 Å². The van der Waals surface area contributed by atoms with Crippen molar-refractivity contribution in [3.05, 3.63) is 28.2 Å². The lowest BCUT2D eigenvalue weighted by atomic mass is 10.2. The molecule has 0 saturated carbocycles. The second kappa shape index (κ2) is 9.10. The second-order valence-corrected chi connectivity index (χ2v) is 6.02. The minimum atomic E-state index is 0.0425. The predicted octanol–water partition coefficient (Wildman–Crippen LogP) is 2.63. The number of carbonyl (C=O) groups excluding carboxylic acids is 1. The summed E-state index contributed by atoms with van der Waals surface area (Å²) in [7, 11) is 4.13. The molecule has 0 bridgehead atoms. The van der Waals surface area contributed by atoms with E-state index in [1.807, 2.05) is 25.1 Å². The van der Waals surface area contributed by atoms with E-state index in [2.05, 4.69) is 45.6 Å². The summed E-state index contributed by atoms with van der Waals surface area (Å²) in [6.07, 6.45) is 1.59. The van der Waals surface area contributed by atoms with Crippen LogP contribution >= 0.6 is 15.9 Å². The Kier molecular flexibility index (Phi) is 7.80. The third-order valence-corrected chi connectivity index (χ3v) is 3.80. The van der Waals surface area contributed by atoms with Crippen LogP contribution in [-0.4, -0.2) is 44.5 Å². The molecule has 2 N–H and O–H groups in total. The normalized spacial score (nSPS) is 10.8. The molecule has 0 saturated heterocycles. The van der Waals surface area contributed by atoms with Gasteiger partial charge in [0.1, 0.15) is 0 Å². The molecule has 1 amide bonds. The van der Waals surface area contributed by atoms with Crippen LogP contribution in [0.25, 0.3) is 0 Å². The van der Waals surface area contributed by atoms with Gasteiger partial charge in [-0.2, -0.15) is 0 Å². The average molecular weight is 342 g/mol. The van der Waals surface area contributed by atoms with E-state index in [-0.39, 0.29) is 5.91 Å². The van der Waals surface area contributed by atoms with Crippen molar-refractivity contribution in [2.75, 3.05) is 39.0 Å². The molecule has 20 heavy (non-hydrogen) atoms. The van der Waals surface area contributed by atoms with Crippen molar-refractivity contribution in [1.29, 1.82) is 0 Å². The molecule has 5 heteroatoms. The quantitative estimate of drug-likeness (QED) is 0.714. The maximum Gasteiger partial charge on any atom is 0.225 e. The molecule has 1 aromatic carbocycles. The van der Waals surface area contributed by atoms with Gasteiger partial charge in [0.15, 0.2) is 0 Å².